The van der Waals surface area contributed by atoms with Gasteiger partial charge in [-0.15, -0.1) is 0 Å². The van der Waals surface area contributed by atoms with E-state index in [1.807, 2.05) is 44.6 Å². The average molecular weight is 278 g/mol. The van der Waals surface area contributed by atoms with Gasteiger partial charge in [0.2, 0.25) is 11.8 Å². The van der Waals surface area contributed by atoms with Crippen molar-refractivity contribution >= 4 is 11.8 Å². The lowest BCUT2D eigenvalue weighted by molar-refractivity contribution is -0.148. The van der Waals surface area contributed by atoms with Crippen molar-refractivity contribution in [2.45, 2.75) is 46.3 Å². The Hall–Kier alpha value is -1.85. The van der Waals surface area contributed by atoms with Crippen LogP contribution in [0.2, 0.25) is 0 Å². The van der Waals surface area contributed by atoms with E-state index in [0.717, 1.165) is 5.69 Å². The van der Waals surface area contributed by atoms with Crippen LogP contribution in [0.3, 0.4) is 0 Å². The summed E-state index contributed by atoms with van der Waals surface area (Å²) in [5.74, 6) is -0.0586. The van der Waals surface area contributed by atoms with Crippen LogP contribution >= 0.6 is 0 Å². The van der Waals surface area contributed by atoms with Gasteiger partial charge in [-0.1, -0.05) is 13.8 Å². The van der Waals surface area contributed by atoms with Crippen LogP contribution in [0.25, 0.3) is 0 Å². The Morgan fingerprint density at radius 1 is 1.35 bits per heavy atom. The molecule has 2 amide bonds. The van der Waals surface area contributed by atoms with Crippen molar-refractivity contribution in [3.63, 3.8) is 0 Å². The fourth-order valence-electron chi connectivity index (χ4n) is 2.44. The third-order valence-corrected chi connectivity index (χ3v) is 3.50. The normalized spacial score (nSPS) is 19.9. The maximum atomic E-state index is 12.1. The number of hydrogen-bond donors (Lipinski definition) is 1. The highest BCUT2D eigenvalue weighted by molar-refractivity contribution is 5.94. The van der Waals surface area contributed by atoms with Crippen molar-refractivity contribution in [2.24, 2.45) is 5.92 Å². The molecule has 1 atom stereocenters. The zero-order valence-corrected chi connectivity index (χ0v) is 12.5. The number of hydrogen-bond acceptors (Lipinski definition) is 3. The molecule has 110 valence electrons. The van der Waals surface area contributed by atoms with Gasteiger partial charge in [-0.3, -0.25) is 14.3 Å². The van der Waals surface area contributed by atoms with E-state index in [0.29, 0.717) is 6.54 Å². The van der Waals surface area contributed by atoms with Crippen LogP contribution in [0.4, 0.5) is 0 Å². The molecule has 1 aromatic rings. The number of carbonyl (C=O) groups excluding carboxylic acids is 2. The number of aromatic nitrogens is 2. The molecule has 1 aromatic heterocycles. The minimum atomic E-state index is -0.416. The predicted molar refractivity (Wildman–Crippen MR) is 74.8 cm³/mol. The molecule has 0 saturated carbocycles. The maximum absolute atomic E-state index is 12.1. The largest absolute Gasteiger partial charge is 0.345 e. The van der Waals surface area contributed by atoms with E-state index in [2.05, 4.69) is 10.4 Å². The molecule has 2 rings (SSSR count). The lowest BCUT2D eigenvalue weighted by Crippen LogP contribution is -2.59. The summed E-state index contributed by atoms with van der Waals surface area (Å²) in [5.41, 5.74) is 0.812. The molecule has 0 bridgehead atoms. The van der Waals surface area contributed by atoms with Crippen molar-refractivity contribution in [1.82, 2.24) is 20.0 Å². The highest BCUT2D eigenvalue weighted by Crippen LogP contribution is 2.18. The molecule has 1 aliphatic heterocycles. The summed E-state index contributed by atoms with van der Waals surface area (Å²) >= 11 is 0. The fourth-order valence-corrected chi connectivity index (χ4v) is 2.44. The van der Waals surface area contributed by atoms with E-state index >= 15 is 0 Å². The molecular weight excluding hydrogens is 256 g/mol. The molecule has 0 radical (unpaired) electrons. The van der Waals surface area contributed by atoms with Crippen LogP contribution in [-0.2, 0) is 16.1 Å². The molecule has 0 aliphatic carbocycles. The van der Waals surface area contributed by atoms with E-state index in [9.17, 15) is 9.59 Å². The second-order valence-electron chi connectivity index (χ2n) is 5.81. The van der Waals surface area contributed by atoms with Crippen molar-refractivity contribution in [2.75, 3.05) is 6.54 Å². The Kier molecular flexibility index (Phi) is 4.11. The van der Waals surface area contributed by atoms with Gasteiger partial charge in [0.1, 0.15) is 6.04 Å². The number of piperazine rings is 1. The van der Waals surface area contributed by atoms with E-state index in [-0.39, 0.29) is 30.3 Å². The molecule has 6 nitrogen and oxygen atoms in total. The lowest BCUT2D eigenvalue weighted by Gasteiger charge is -2.36. The number of carbonyl (C=O) groups is 2. The first kappa shape index (κ1) is 14.6. The second-order valence-corrected chi connectivity index (χ2v) is 5.81. The molecule has 0 spiro atoms. The van der Waals surface area contributed by atoms with Crippen molar-refractivity contribution in [3.8, 4) is 0 Å². The number of rotatable bonds is 4. The molecule has 2 heterocycles. The van der Waals surface area contributed by atoms with Crippen LogP contribution in [0.5, 0.6) is 0 Å². The van der Waals surface area contributed by atoms with Gasteiger partial charge in [0.05, 0.1) is 18.8 Å². The zero-order chi connectivity index (χ0) is 14.9. The third kappa shape index (κ3) is 2.84. The Morgan fingerprint density at radius 2 is 2.05 bits per heavy atom. The summed E-state index contributed by atoms with van der Waals surface area (Å²) in [6.45, 7) is 8.45. The highest BCUT2D eigenvalue weighted by Gasteiger charge is 2.36. The Labute approximate surface area is 119 Å². The topological polar surface area (TPSA) is 67.2 Å². The van der Waals surface area contributed by atoms with Crippen molar-refractivity contribution in [3.05, 3.63) is 18.0 Å². The first-order chi connectivity index (χ1) is 9.40. The summed E-state index contributed by atoms with van der Waals surface area (Å²) in [6.07, 6.45) is 1.90. The van der Waals surface area contributed by atoms with Crippen molar-refractivity contribution in [1.29, 1.82) is 0 Å². The molecule has 1 N–H and O–H groups in total. The minimum Gasteiger partial charge on any atom is -0.345 e. The SMILES string of the molecule is CC(C)C1C(=O)NCC(=O)N1Cc1ccn(C(C)C)n1. The standard InChI is InChI=1S/C14H22N4O2/c1-9(2)13-14(20)15-7-12(19)17(13)8-11-5-6-18(16-11)10(3)4/h5-6,9-10,13H,7-8H2,1-4H3,(H,15,20). The Bertz CT molecular complexity index is 507. The van der Waals surface area contributed by atoms with Gasteiger partial charge in [-0.25, -0.2) is 0 Å². The van der Waals surface area contributed by atoms with E-state index in [1.165, 1.54) is 0 Å². The predicted octanol–water partition coefficient (Wildman–Crippen LogP) is 0.947. The fraction of sp³-hybridized carbons (Fsp3) is 0.643. The summed E-state index contributed by atoms with van der Waals surface area (Å²) < 4.78 is 1.86. The summed E-state index contributed by atoms with van der Waals surface area (Å²) in [5, 5.41) is 7.09. The first-order valence-electron chi connectivity index (χ1n) is 7.01. The minimum absolute atomic E-state index is 0.0533. The molecule has 20 heavy (non-hydrogen) atoms. The average Bonchev–Trinajstić information content (AvgIpc) is 2.82. The van der Waals surface area contributed by atoms with E-state index < -0.39 is 6.04 Å². The summed E-state index contributed by atoms with van der Waals surface area (Å²) in [6, 6.07) is 1.77. The summed E-state index contributed by atoms with van der Waals surface area (Å²) in [7, 11) is 0. The zero-order valence-electron chi connectivity index (χ0n) is 12.5. The summed E-state index contributed by atoms with van der Waals surface area (Å²) in [4.78, 5) is 25.7. The molecule has 0 aromatic carbocycles. The van der Waals surface area contributed by atoms with Gasteiger partial charge >= 0.3 is 0 Å². The van der Waals surface area contributed by atoms with Gasteiger partial charge in [-0.2, -0.15) is 5.10 Å². The van der Waals surface area contributed by atoms with Gasteiger partial charge in [0.15, 0.2) is 0 Å². The van der Waals surface area contributed by atoms with Crippen LogP contribution < -0.4 is 5.32 Å². The number of nitrogens with zero attached hydrogens (tertiary/aromatic N) is 3. The van der Waals surface area contributed by atoms with Crippen LogP contribution in [0.1, 0.15) is 39.4 Å². The highest BCUT2D eigenvalue weighted by atomic mass is 16.2. The quantitative estimate of drug-likeness (QED) is 0.891. The van der Waals surface area contributed by atoms with Crippen LogP contribution in [-0.4, -0.2) is 39.1 Å². The smallest absolute Gasteiger partial charge is 0.243 e. The third-order valence-electron chi connectivity index (χ3n) is 3.50. The first-order valence-corrected chi connectivity index (χ1v) is 7.01. The number of amides is 2. The Balaban J connectivity index is 2.18. The number of nitrogens with one attached hydrogen (secondary N) is 1. The van der Waals surface area contributed by atoms with Gasteiger partial charge in [0.25, 0.3) is 0 Å². The van der Waals surface area contributed by atoms with Gasteiger partial charge < -0.3 is 10.2 Å². The van der Waals surface area contributed by atoms with Gasteiger partial charge in [-0.05, 0) is 25.8 Å². The molecule has 1 unspecified atom stereocenters. The maximum Gasteiger partial charge on any atom is 0.243 e. The van der Waals surface area contributed by atoms with Gasteiger partial charge in [0, 0.05) is 12.2 Å². The molecule has 1 aliphatic rings. The van der Waals surface area contributed by atoms with Crippen LogP contribution in [0, 0.1) is 5.92 Å². The molecule has 1 saturated heterocycles. The monoisotopic (exact) mass is 278 g/mol. The van der Waals surface area contributed by atoms with E-state index in [4.69, 9.17) is 0 Å². The lowest BCUT2D eigenvalue weighted by atomic mass is 9.99. The molecule has 1 fully saturated rings. The van der Waals surface area contributed by atoms with E-state index in [1.54, 1.807) is 4.90 Å². The van der Waals surface area contributed by atoms with Crippen LogP contribution in [0.15, 0.2) is 12.3 Å². The van der Waals surface area contributed by atoms with Crippen molar-refractivity contribution < 1.29 is 9.59 Å². The second kappa shape index (κ2) is 5.64. The molecular formula is C14H22N4O2. The molecule has 6 heteroatoms. The Morgan fingerprint density at radius 3 is 2.60 bits per heavy atom.